The van der Waals surface area contributed by atoms with Crippen LogP contribution in [-0.4, -0.2) is 50.1 Å². The van der Waals surface area contributed by atoms with Gasteiger partial charge in [0.05, 0.1) is 48.1 Å². The van der Waals surface area contributed by atoms with E-state index in [2.05, 4.69) is 6.07 Å². The molecule has 1 unspecified atom stereocenters. The third kappa shape index (κ3) is 5.01. The molecule has 0 spiro atoms. The molecule has 0 saturated heterocycles. The summed E-state index contributed by atoms with van der Waals surface area (Å²) in [6, 6.07) is 15.2. The molecular weight excluding hydrogens is 496 g/mol. The fourth-order valence-electron chi connectivity index (χ4n) is 4.27. The molecule has 1 heterocycles. The van der Waals surface area contributed by atoms with E-state index in [1.54, 1.807) is 41.3 Å². The highest BCUT2D eigenvalue weighted by Crippen LogP contribution is 2.44. The van der Waals surface area contributed by atoms with E-state index in [4.69, 9.17) is 26.8 Å². The van der Waals surface area contributed by atoms with E-state index in [1.807, 2.05) is 13.8 Å². The average molecular weight is 523 g/mol. The van der Waals surface area contributed by atoms with E-state index in [0.717, 1.165) is 7.11 Å². The van der Waals surface area contributed by atoms with E-state index < -0.39 is 17.9 Å². The van der Waals surface area contributed by atoms with Crippen LogP contribution in [0.25, 0.3) is 0 Å². The number of rotatable bonds is 7. The fraction of sp³-hybridized carbons (Fsp3) is 0.259. The Morgan fingerprint density at radius 3 is 2.22 bits per heavy atom. The first-order chi connectivity index (χ1) is 17.7. The fourth-order valence-corrected chi connectivity index (χ4v) is 4.48. The average Bonchev–Trinajstić information content (AvgIpc) is 2.92. The number of ether oxygens (including phenoxy) is 2. The van der Waals surface area contributed by atoms with Crippen molar-refractivity contribution in [1.29, 1.82) is 5.26 Å². The van der Waals surface area contributed by atoms with E-state index in [0.29, 0.717) is 18.7 Å². The lowest BCUT2D eigenvalue weighted by Crippen LogP contribution is -2.41. The van der Waals surface area contributed by atoms with Crippen LogP contribution in [0.1, 0.15) is 35.7 Å². The van der Waals surface area contributed by atoms with Crippen LogP contribution >= 0.6 is 11.6 Å². The third-order valence-corrected chi connectivity index (χ3v) is 6.41. The van der Waals surface area contributed by atoms with E-state index in [9.17, 15) is 19.6 Å². The van der Waals surface area contributed by atoms with E-state index in [1.165, 1.54) is 24.1 Å². The van der Waals surface area contributed by atoms with Crippen molar-refractivity contribution < 1.29 is 23.9 Å². The van der Waals surface area contributed by atoms with Crippen molar-refractivity contribution in [1.82, 2.24) is 4.90 Å². The summed E-state index contributed by atoms with van der Waals surface area (Å²) in [6.45, 7) is 4.67. The summed E-state index contributed by atoms with van der Waals surface area (Å²) >= 11 is 6.55. The van der Waals surface area contributed by atoms with Gasteiger partial charge in [-0.05, 0) is 37.6 Å². The van der Waals surface area contributed by atoms with Gasteiger partial charge in [-0.3, -0.25) is 9.69 Å². The summed E-state index contributed by atoms with van der Waals surface area (Å²) in [5, 5.41) is 10.3. The van der Waals surface area contributed by atoms with Crippen molar-refractivity contribution in [2.24, 2.45) is 5.73 Å². The molecule has 0 fully saturated rings. The molecule has 1 amide bonds. The Labute approximate surface area is 220 Å². The molecular formula is C27H27ClN4O5. The molecule has 0 saturated carbocycles. The molecule has 0 aliphatic carbocycles. The van der Waals surface area contributed by atoms with Gasteiger partial charge in [0.2, 0.25) is 0 Å². The molecule has 1 aliphatic rings. The quantitative estimate of drug-likeness (QED) is 0.545. The molecule has 0 bridgehead atoms. The first kappa shape index (κ1) is 27.3. The smallest absolute Gasteiger partial charge is 0.355 e. The maximum absolute atomic E-state index is 13.2. The molecule has 192 valence electrons. The number of esters is 2. The standard InChI is InChI=1S/C27H27ClN4O5/c1-5-31(6-2)25(33)17-12-13-19(28)20(14-17)32-23(27(35)37-4)22(26(34)36-3)21(18(15-29)24(32)30)16-10-8-7-9-11-16/h7-14,21H,5-6,30H2,1-4H3. The van der Waals surface area contributed by atoms with Crippen molar-refractivity contribution in [2.45, 2.75) is 19.8 Å². The minimum absolute atomic E-state index is 0.00390. The zero-order valence-corrected chi connectivity index (χ0v) is 21.7. The zero-order valence-electron chi connectivity index (χ0n) is 20.9. The highest BCUT2D eigenvalue weighted by Gasteiger charge is 2.43. The number of allylic oxidation sites excluding steroid dienone is 1. The van der Waals surface area contributed by atoms with Gasteiger partial charge in [-0.25, -0.2) is 9.59 Å². The van der Waals surface area contributed by atoms with Crippen LogP contribution in [0, 0.1) is 11.3 Å². The van der Waals surface area contributed by atoms with E-state index >= 15 is 0 Å². The predicted octanol–water partition coefficient (Wildman–Crippen LogP) is 3.72. The molecule has 3 rings (SSSR count). The van der Waals surface area contributed by atoms with Gasteiger partial charge in [-0.15, -0.1) is 0 Å². The third-order valence-electron chi connectivity index (χ3n) is 6.09. The second kappa shape index (κ2) is 11.6. The lowest BCUT2D eigenvalue weighted by atomic mass is 9.81. The highest BCUT2D eigenvalue weighted by molar-refractivity contribution is 6.33. The molecule has 1 aliphatic heterocycles. The number of amides is 1. The number of anilines is 1. The Bertz CT molecular complexity index is 1330. The van der Waals surface area contributed by atoms with Gasteiger partial charge < -0.3 is 20.1 Å². The molecule has 0 aromatic heterocycles. The Hall–Kier alpha value is -4.29. The number of hydrogen-bond acceptors (Lipinski definition) is 8. The number of methoxy groups -OCH3 is 2. The van der Waals surface area contributed by atoms with Gasteiger partial charge in [0, 0.05) is 18.7 Å². The Morgan fingerprint density at radius 1 is 1.05 bits per heavy atom. The minimum Gasteiger partial charge on any atom is -0.466 e. The molecule has 2 N–H and O–H groups in total. The Morgan fingerprint density at radius 2 is 1.68 bits per heavy atom. The van der Waals surface area contributed by atoms with Gasteiger partial charge in [-0.1, -0.05) is 41.9 Å². The maximum Gasteiger partial charge on any atom is 0.355 e. The number of benzene rings is 2. The minimum atomic E-state index is -1.01. The summed E-state index contributed by atoms with van der Waals surface area (Å²) in [5.74, 6) is -3.17. The predicted molar refractivity (Wildman–Crippen MR) is 138 cm³/mol. The summed E-state index contributed by atoms with van der Waals surface area (Å²) in [5.41, 5.74) is 7.05. The van der Waals surface area contributed by atoms with Gasteiger partial charge in [0.15, 0.2) is 0 Å². The zero-order chi connectivity index (χ0) is 27.3. The molecule has 0 radical (unpaired) electrons. The molecule has 37 heavy (non-hydrogen) atoms. The highest BCUT2D eigenvalue weighted by atomic mass is 35.5. The van der Waals surface area contributed by atoms with Crippen LogP contribution in [0.15, 0.2) is 71.2 Å². The molecule has 2 aromatic rings. The van der Waals surface area contributed by atoms with Gasteiger partial charge in [0.1, 0.15) is 11.5 Å². The van der Waals surface area contributed by atoms with E-state index in [-0.39, 0.29) is 44.8 Å². The first-order valence-corrected chi connectivity index (χ1v) is 11.9. The second-order valence-electron chi connectivity index (χ2n) is 7.98. The van der Waals surface area contributed by atoms with Crippen LogP contribution in [0.3, 0.4) is 0 Å². The number of carbonyl (C=O) groups is 3. The van der Waals surface area contributed by atoms with Crippen molar-refractivity contribution in [2.75, 3.05) is 32.2 Å². The van der Waals surface area contributed by atoms with Crippen LogP contribution in [-0.2, 0) is 19.1 Å². The first-order valence-electron chi connectivity index (χ1n) is 11.5. The van der Waals surface area contributed by atoms with Gasteiger partial charge in [0.25, 0.3) is 5.91 Å². The number of nitrogens with two attached hydrogens (primary N) is 1. The van der Waals surface area contributed by atoms with Crippen molar-refractivity contribution >= 4 is 35.1 Å². The molecule has 10 heteroatoms. The number of hydrogen-bond donors (Lipinski definition) is 1. The number of carbonyl (C=O) groups excluding carboxylic acids is 3. The van der Waals surface area contributed by atoms with Crippen molar-refractivity contribution in [3.63, 3.8) is 0 Å². The Kier molecular flexibility index (Phi) is 8.58. The summed E-state index contributed by atoms with van der Waals surface area (Å²) in [4.78, 5) is 42.3. The lowest BCUT2D eigenvalue weighted by Gasteiger charge is -2.36. The molecule has 1 atom stereocenters. The van der Waals surface area contributed by atoms with Crippen molar-refractivity contribution in [3.8, 4) is 6.07 Å². The maximum atomic E-state index is 13.2. The normalized spacial score (nSPS) is 15.2. The van der Waals surface area contributed by atoms with Crippen LogP contribution in [0.5, 0.6) is 0 Å². The SMILES string of the molecule is CCN(CC)C(=O)c1ccc(Cl)c(N2C(N)=C(C#N)C(c3ccccc3)C(C(=O)OC)=C2C(=O)OC)c1. The second-order valence-corrected chi connectivity index (χ2v) is 8.39. The largest absolute Gasteiger partial charge is 0.466 e. The van der Waals surface area contributed by atoms with Crippen LogP contribution in [0.4, 0.5) is 5.69 Å². The molecule has 9 nitrogen and oxygen atoms in total. The van der Waals surface area contributed by atoms with Crippen LogP contribution in [0.2, 0.25) is 5.02 Å². The van der Waals surface area contributed by atoms with Gasteiger partial charge >= 0.3 is 11.9 Å². The van der Waals surface area contributed by atoms with Crippen molar-refractivity contribution in [3.05, 3.63) is 87.3 Å². The monoisotopic (exact) mass is 522 g/mol. The Balaban J connectivity index is 2.39. The summed E-state index contributed by atoms with van der Waals surface area (Å²) < 4.78 is 10.1. The lowest BCUT2D eigenvalue weighted by molar-refractivity contribution is -0.139. The number of halogens is 1. The number of nitrogens with zero attached hydrogens (tertiary/aromatic N) is 3. The number of nitriles is 1. The van der Waals surface area contributed by atoms with Gasteiger partial charge in [-0.2, -0.15) is 5.26 Å². The summed E-state index contributed by atoms with van der Waals surface area (Å²) in [7, 11) is 2.32. The topological polar surface area (TPSA) is 126 Å². The summed E-state index contributed by atoms with van der Waals surface area (Å²) in [6.07, 6.45) is 0. The van der Waals surface area contributed by atoms with Crippen LogP contribution < -0.4 is 10.6 Å². The molecule has 2 aromatic carbocycles.